The molecule has 0 N–H and O–H groups in total. The predicted molar refractivity (Wildman–Crippen MR) is 72.0 cm³/mol. The fourth-order valence-corrected chi connectivity index (χ4v) is 1.91. The van der Waals surface area contributed by atoms with Crippen LogP contribution in [0.2, 0.25) is 0 Å². The number of nitriles is 1. The van der Waals surface area contributed by atoms with Gasteiger partial charge in [-0.1, -0.05) is 6.07 Å². The van der Waals surface area contributed by atoms with E-state index in [2.05, 4.69) is 15.9 Å². The zero-order valence-corrected chi connectivity index (χ0v) is 11.4. The lowest BCUT2D eigenvalue weighted by Crippen LogP contribution is -1.96. The van der Waals surface area contributed by atoms with Crippen LogP contribution in [0, 0.1) is 27.3 Å². The van der Waals surface area contributed by atoms with Crippen molar-refractivity contribution < 1.29 is 14.1 Å². The quantitative estimate of drug-likeness (QED) is 0.622. The van der Waals surface area contributed by atoms with Gasteiger partial charge >= 0.3 is 5.69 Å². The van der Waals surface area contributed by atoms with Crippen LogP contribution in [0.4, 0.5) is 10.1 Å². The fraction of sp³-hybridized carbons (Fsp3) is 0. The lowest BCUT2D eigenvalue weighted by molar-refractivity contribution is -0.385. The number of halogens is 2. The molecule has 0 spiro atoms. The summed E-state index contributed by atoms with van der Waals surface area (Å²) in [6.45, 7) is 0. The molecule has 0 amide bonds. The van der Waals surface area contributed by atoms with Crippen LogP contribution in [-0.2, 0) is 0 Å². The average molecular weight is 337 g/mol. The van der Waals surface area contributed by atoms with Crippen molar-refractivity contribution >= 4 is 21.6 Å². The maximum atomic E-state index is 13.1. The Bertz CT molecular complexity index is 728. The lowest BCUT2D eigenvalue weighted by Gasteiger charge is -2.07. The fourth-order valence-electron chi connectivity index (χ4n) is 1.55. The molecule has 5 nitrogen and oxygen atoms in total. The van der Waals surface area contributed by atoms with Gasteiger partial charge in [-0.3, -0.25) is 10.1 Å². The number of benzene rings is 2. The summed E-state index contributed by atoms with van der Waals surface area (Å²) >= 11 is 2.99. The van der Waals surface area contributed by atoms with Crippen molar-refractivity contribution in [1.29, 1.82) is 5.26 Å². The zero-order chi connectivity index (χ0) is 14.7. The smallest absolute Gasteiger partial charge is 0.329 e. The molecule has 2 aromatic rings. The van der Waals surface area contributed by atoms with Gasteiger partial charge < -0.3 is 4.74 Å². The topological polar surface area (TPSA) is 76.2 Å². The molecule has 2 aromatic carbocycles. The highest BCUT2D eigenvalue weighted by atomic mass is 79.9. The Hall–Kier alpha value is -2.46. The van der Waals surface area contributed by atoms with Crippen LogP contribution in [0.5, 0.6) is 11.5 Å². The average Bonchev–Trinajstić information content (AvgIpc) is 2.42. The van der Waals surface area contributed by atoms with E-state index in [0.717, 1.165) is 0 Å². The van der Waals surface area contributed by atoms with Crippen LogP contribution < -0.4 is 4.74 Å². The van der Waals surface area contributed by atoms with Gasteiger partial charge in [0, 0.05) is 0 Å². The number of nitro benzene ring substituents is 1. The summed E-state index contributed by atoms with van der Waals surface area (Å²) in [4.78, 5) is 10.3. The molecule has 0 bridgehead atoms. The Labute approximate surface area is 121 Å². The third-order valence-corrected chi connectivity index (χ3v) is 3.03. The SMILES string of the molecule is N#Cc1cccc(Oc2ccc(F)c(Br)c2)c1[N+](=O)[O-]. The number of nitrogens with zero attached hydrogens (tertiary/aromatic N) is 2. The molecule has 0 radical (unpaired) electrons. The van der Waals surface area contributed by atoms with E-state index in [1.54, 1.807) is 6.07 Å². The number of rotatable bonds is 3. The molecule has 0 unspecified atom stereocenters. The molecular weight excluding hydrogens is 331 g/mol. The van der Waals surface area contributed by atoms with Crippen molar-refractivity contribution in [3.05, 3.63) is 62.4 Å². The summed E-state index contributed by atoms with van der Waals surface area (Å²) in [6, 6.07) is 9.75. The lowest BCUT2D eigenvalue weighted by atomic mass is 10.2. The Morgan fingerprint density at radius 3 is 2.70 bits per heavy atom. The molecule has 0 atom stereocenters. The molecule has 0 heterocycles. The van der Waals surface area contributed by atoms with Gasteiger partial charge in [-0.25, -0.2) is 4.39 Å². The van der Waals surface area contributed by atoms with Gasteiger partial charge in [0.25, 0.3) is 0 Å². The first-order valence-corrected chi connectivity index (χ1v) is 6.12. The zero-order valence-electron chi connectivity index (χ0n) is 9.84. The van der Waals surface area contributed by atoms with E-state index >= 15 is 0 Å². The number of nitro groups is 1. The van der Waals surface area contributed by atoms with E-state index in [-0.39, 0.29) is 21.5 Å². The van der Waals surface area contributed by atoms with E-state index in [4.69, 9.17) is 10.00 Å². The molecule has 100 valence electrons. The summed E-state index contributed by atoms with van der Waals surface area (Å²) < 4.78 is 18.6. The van der Waals surface area contributed by atoms with Crippen LogP contribution in [0.15, 0.2) is 40.9 Å². The molecule has 0 aliphatic rings. The second-order valence-corrected chi connectivity index (χ2v) is 4.55. The third-order valence-electron chi connectivity index (χ3n) is 2.42. The van der Waals surface area contributed by atoms with E-state index in [1.807, 2.05) is 0 Å². The third kappa shape index (κ3) is 2.75. The van der Waals surface area contributed by atoms with Gasteiger partial charge in [0.2, 0.25) is 5.75 Å². The van der Waals surface area contributed by atoms with Gasteiger partial charge in [0.05, 0.1) is 9.40 Å². The highest BCUT2D eigenvalue weighted by molar-refractivity contribution is 9.10. The van der Waals surface area contributed by atoms with Crippen LogP contribution in [0.3, 0.4) is 0 Å². The van der Waals surface area contributed by atoms with Crippen molar-refractivity contribution in [1.82, 2.24) is 0 Å². The highest BCUT2D eigenvalue weighted by Gasteiger charge is 2.21. The van der Waals surface area contributed by atoms with Crippen molar-refractivity contribution in [3.8, 4) is 17.6 Å². The molecule has 7 heteroatoms. The van der Waals surface area contributed by atoms with E-state index in [1.165, 1.54) is 36.4 Å². The van der Waals surface area contributed by atoms with Gasteiger partial charge in [-0.05, 0) is 46.3 Å². The first kappa shape index (κ1) is 14.0. The minimum atomic E-state index is -0.688. The summed E-state index contributed by atoms with van der Waals surface area (Å²) in [5.41, 5.74) is -0.524. The summed E-state index contributed by atoms with van der Waals surface area (Å²) in [7, 11) is 0. The Morgan fingerprint density at radius 1 is 1.35 bits per heavy atom. The normalized spacial score (nSPS) is 9.85. The largest absolute Gasteiger partial charge is 0.450 e. The van der Waals surface area contributed by atoms with Crippen LogP contribution in [0.25, 0.3) is 0 Å². The first-order chi connectivity index (χ1) is 9.52. The monoisotopic (exact) mass is 336 g/mol. The molecule has 0 saturated carbocycles. The summed E-state index contributed by atoms with van der Waals surface area (Å²) in [6.07, 6.45) is 0. The number of ether oxygens (including phenoxy) is 1. The minimum absolute atomic E-state index is 0.0763. The van der Waals surface area contributed by atoms with Gasteiger partial charge in [-0.2, -0.15) is 5.26 Å². The van der Waals surface area contributed by atoms with Crippen LogP contribution in [-0.4, -0.2) is 4.92 Å². The number of hydrogen-bond acceptors (Lipinski definition) is 4. The van der Waals surface area contributed by atoms with Gasteiger partial charge in [0.15, 0.2) is 0 Å². The van der Waals surface area contributed by atoms with Gasteiger partial charge in [0.1, 0.15) is 23.2 Å². The van der Waals surface area contributed by atoms with Gasteiger partial charge in [-0.15, -0.1) is 0 Å². The number of para-hydroxylation sites is 1. The first-order valence-electron chi connectivity index (χ1n) is 5.33. The molecule has 0 aromatic heterocycles. The number of hydrogen-bond donors (Lipinski definition) is 0. The van der Waals surface area contributed by atoms with Crippen molar-refractivity contribution in [2.75, 3.05) is 0 Å². The van der Waals surface area contributed by atoms with Crippen molar-refractivity contribution in [2.45, 2.75) is 0 Å². The van der Waals surface area contributed by atoms with Crippen LogP contribution >= 0.6 is 15.9 Å². The molecule has 0 saturated heterocycles. The van der Waals surface area contributed by atoms with E-state index in [9.17, 15) is 14.5 Å². The van der Waals surface area contributed by atoms with E-state index in [0.29, 0.717) is 0 Å². The second kappa shape index (κ2) is 5.67. The Kier molecular flexibility index (Phi) is 3.96. The van der Waals surface area contributed by atoms with E-state index < -0.39 is 16.4 Å². The maximum absolute atomic E-state index is 13.1. The predicted octanol–water partition coefficient (Wildman–Crippen LogP) is 4.16. The molecule has 0 aliphatic carbocycles. The standard InChI is InChI=1S/C13H6BrFN2O3/c14-10-6-9(4-5-11(10)15)20-12-3-1-2-8(7-16)13(12)17(18)19/h1-6H. The second-order valence-electron chi connectivity index (χ2n) is 3.70. The molecular formula is C13H6BrFN2O3. The molecule has 0 fully saturated rings. The highest BCUT2D eigenvalue weighted by Crippen LogP contribution is 2.34. The molecule has 0 aliphatic heterocycles. The summed E-state index contributed by atoms with van der Waals surface area (Å²) in [5, 5.41) is 19.9. The van der Waals surface area contributed by atoms with Crippen molar-refractivity contribution in [3.63, 3.8) is 0 Å². The minimum Gasteiger partial charge on any atom is -0.450 e. The van der Waals surface area contributed by atoms with Crippen molar-refractivity contribution in [2.24, 2.45) is 0 Å². The Morgan fingerprint density at radius 2 is 2.10 bits per heavy atom. The molecule has 20 heavy (non-hydrogen) atoms. The summed E-state index contributed by atoms with van der Waals surface area (Å²) in [5.74, 6) is -0.332. The Balaban J connectivity index is 2.46. The molecule has 2 rings (SSSR count). The van der Waals surface area contributed by atoms with Crippen LogP contribution in [0.1, 0.15) is 5.56 Å². The maximum Gasteiger partial charge on any atom is 0.329 e.